The molecule has 1 aromatic rings. The maximum Gasteiger partial charge on any atom is 0.118 e. The lowest BCUT2D eigenvalue weighted by Gasteiger charge is -2.35. The molecule has 1 fully saturated rings. The van der Waals surface area contributed by atoms with Gasteiger partial charge in [0.25, 0.3) is 0 Å². The molecule has 1 saturated heterocycles. The molecule has 0 spiro atoms. The molecule has 0 radical (unpaired) electrons. The lowest BCUT2D eigenvalue weighted by Crippen LogP contribution is -2.54. The molecular formula is C14H23N3O. The second-order valence-electron chi connectivity index (χ2n) is 4.73. The SMILES string of the molecule is COc1ccc(CCN2CCNCC2CN)cc1. The van der Waals surface area contributed by atoms with Crippen molar-refractivity contribution in [2.75, 3.05) is 39.8 Å². The first-order chi connectivity index (χ1) is 8.83. The summed E-state index contributed by atoms with van der Waals surface area (Å²) in [7, 11) is 1.70. The Bertz CT molecular complexity index is 353. The van der Waals surface area contributed by atoms with Crippen molar-refractivity contribution in [1.29, 1.82) is 0 Å². The van der Waals surface area contributed by atoms with E-state index in [1.165, 1.54) is 5.56 Å². The Kier molecular flexibility index (Phi) is 4.99. The van der Waals surface area contributed by atoms with E-state index in [0.717, 1.165) is 44.9 Å². The molecule has 0 aliphatic carbocycles. The van der Waals surface area contributed by atoms with Crippen LogP contribution < -0.4 is 15.8 Å². The number of ether oxygens (including phenoxy) is 1. The molecule has 4 nitrogen and oxygen atoms in total. The summed E-state index contributed by atoms with van der Waals surface area (Å²) >= 11 is 0. The average molecular weight is 249 g/mol. The lowest BCUT2D eigenvalue weighted by atomic mass is 10.1. The molecular weight excluding hydrogens is 226 g/mol. The number of piperazine rings is 1. The van der Waals surface area contributed by atoms with E-state index in [1.54, 1.807) is 7.11 Å². The smallest absolute Gasteiger partial charge is 0.118 e. The molecule has 0 aromatic heterocycles. The molecule has 1 aliphatic heterocycles. The fraction of sp³-hybridized carbons (Fsp3) is 0.571. The van der Waals surface area contributed by atoms with Gasteiger partial charge in [-0.2, -0.15) is 0 Å². The van der Waals surface area contributed by atoms with Gasteiger partial charge in [-0.05, 0) is 24.1 Å². The minimum absolute atomic E-state index is 0.483. The van der Waals surface area contributed by atoms with Crippen LogP contribution in [0.15, 0.2) is 24.3 Å². The maximum absolute atomic E-state index is 5.80. The maximum atomic E-state index is 5.80. The lowest BCUT2D eigenvalue weighted by molar-refractivity contribution is 0.168. The predicted molar refractivity (Wildman–Crippen MR) is 74.0 cm³/mol. The molecule has 0 amide bonds. The van der Waals surface area contributed by atoms with Crippen LogP contribution in [0.4, 0.5) is 0 Å². The molecule has 100 valence electrons. The van der Waals surface area contributed by atoms with Crippen molar-refractivity contribution in [2.45, 2.75) is 12.5 Å². The second-order valence-corrected chi connectivity index (χ2v) is 4.73. The van der Waals surface area contributed by atoms with Crippen molar-refractivity contribution in [3.05, 3.63) is 29.8 Å². The minimum atomic E-state index is 0.483. The summed E-state index contributed by atoms with van der Waals surface area (Å²) < 4.78 is 5.16. The first kappa shape index (κ1) is 13.3. The highest BCUT2D eigenvalue weighted by molar-refractivity contribution is 5.27. The number of nitrogens with one attached hydrogen (secondary N) is 1. The number of hydrogen-bond acceptors (Lipinski definition) is 4. The van der Waals surface area contributed by atoms with Crippen LogP contribution in [0.25, 0.3) is 0 Å². The zero-order chi connectivity index (χ0) is 12.8. The molecule has 18 heavy (non-hydrogen) atoms. The Morgan fingerprint density at radius 2 is 2.17 bits per heavy atom. The Labute approximate surface area is 109 Å². The molecule has 0 saturated carbocycles. The topological polar surface area (TPSA) is 50.5 Å². The van der Waals surface area contributed by atoms with Crippen LogP contribution >= 0.6 is 0 Å². The average Bonchev–Trinajstić information content (AvgIpc) is 2.46. The van der Waals surface area contributed by atoms with Gasteiger partial charge in [-0.1, -0.05) is 12.1 Å². The number of nitrogens with zero attached hydrogens (tertiary/aromatic N) is 1. The zero-order valence-electron chi connectivity index (χ0n) is 11.1. The van der Waals surface area contributed by atoms with Crippen molar-refractivity contribution in [1.82, 2.24) is 10.2 Å². The van der Waals surface area contributed by atoms with Crippen LogP contribution in [0.1, 0.15) is 5.56 Å². The third-order valence-corrected chi connectivity index (χ3v) is 3.59. The molecule has 1 unspecified atom stereocenters. The van der Waals surface area contributed by atoms with E-state index in [9.17, 15) is 0 Å². The molecule has 1 aromatic carbocycles. The Morgan fingerprint density at radius 3 is 2.83 bits per heavy atom. The summed E-state index contributed by atoms with van der Waals surface area (Å²) in [6.07, 6.45) is 1.07. The van der Waals surface area contributed by atoms with Gasteiger partial charge in [-0.15, -0.1) is 0 Å². The summed E-state index contributed by atoms with van der Waals surface area (Å²) in [6, 6.07) is 8.80. The van der Waals surface area contributed by atoms with Gasteiger partial charge in [0.05, 0.1) is 7.11 Å². The highest BCUT2D eigenvalue weighted by atomic mass is 16.5. The molecule has 1 heterocycles. The summed E-state index contributed by atoms with van der Waals surface area (Å²) in [4.78, 5) is 2.49. The van der Waals surface area contributed by atoms with Crippen LogP contribution in [-0.2, 0) is 6.42 Å². The van der Waals surface area contributed by atoms with Crippen LogP contribution in [0, 0.1) is 0 Å². The summed E-state index contributed by atoms with van der Waals surface area (Å²) in [6.45, 7) is 4.99. The first-order valence-corrected chi connectivity index (χ1v) is 6.61. The van der Waals surface area contributed by atoms with Gasteiger partial charge in [0, 0.05) is 38.8 Å². The normalized spacial score (nSPS) is 20.9. The standard InChI is InChI=1S/C14H23N3O/c1-18-14-4-2-12(3-5-14)6-8-17-9-7-16-11-13(17)10-15/h2-5,13,16H,6-11,15H2,1H3. The number of methoxy groups -OCH3 is 1. The van der Waals surface area contributed by atoms with Gasteiger partial charge >= 0.3 is 0 Å². The van der Waals surface area contributed by atoms with Gasteiger partial charge in [0.2, 0.25) is 0 Å². The molecule has 1 atom stereocenters. The van der Waals surface area contributed by atoms with Crippen LogP contribution in [0.3, 0.4) is 0 Å². The monoisotopic (exact) mass is 249 g/mol. The van der Waals surface area contributed by atoms with Gasteiger partial charge < -0.3 is 15.8 Å². The fourth-order valence-electron chi connectivity index (χ4n) is 2.39. The van der Waals surface area contributed by atoms with Crippen LogP contribution in [-0.4, -0.2) is 50.8 Å². The molecule has 4 heteroatoms. The predicted octanol–water partition coefficient (Wildman–Crippen LogP) is 0.470. The van der Waals surface area contributed by atoms with E-state index in [0.29, 0.717) is 6.04 Å². The van der Waals surface area contributed by atoms with Gasteiger partial charge in [0.1, 0.15) is 5.75 Å². The number of hydrogen-bond donors (Lipinski definition) is 2. The van der Waals surface area contributed by atoms with Gasteiger partial charge in [-0.3, -0.25) is 4.90 Å². The van der Waals surface area contributed by atoms with Crippen molar-refractivity contribution in [2.24, 2.45) is 5.73 Å². The van der Waals surface area contributed by atoms with Gasteiger partial charge in [0.15, 0.2) is 0 Å². The fourth-order valence-corrected chi connectivity index (χ4v) is 2.39. The molecule has 0 bridgehead atoms. The largest absolute Gasteiger partial charge is 0.497 e. The van der Waals surface area contributed by atoms with Crippen LogP contribution in [0.2, 0.25) is 0 Å². The number of benzene rings is 1. The van der Waals surface area contributed by atoms with Crippen molar-refractivity contribution < 1.29 is 4.74 Å². The zero-order valence-corrected chi connectivity index (χ0v) is 11.1. The third kappa shape index (κ3) is 3.45. The van der Waals surface area contributed by atoms with E-state index < -0.39 is 0 Å². The van der Waals surface area contributed by atoms with E-state index in [4.69, 9.17) is 10.5 Å². The quantitative estimate of drug-likeness (QED) is 0.796. The van der Waals surface area contributed by atoms with Crippen LogP contribution in [0.5, 0.6) is 5.75 Å². The first-order valence-electron chi connectivity index (χ1n) is 6.61. The van der Waals surface area contributed by atoms with Crippen molar-refractivity contribution in [3.8, 4) is 5.75 Å². The summed E-state index contributed by atoms with van der Waals surface area (Å²) in [5.74, 6) is 0.917. The van der Waals surface area contributed by atoms with Crippen molar-refractivity contribution in [3.63, 3.8) is 0 Å². The second kappa shape index (κ2) is 6.73. The molecule has 1 aliphatic rings. The van der Waals surface area contributed by atoms with E-state index in [2.05, 4.69) is 22.3 Å². The van der Waals surface area contributed by atoms with Crippen molar-refractivity contribution >= 4 is 0 Å². The third-order valence-electron chi connectivity index (χ3n) is 3.59. The van der Waals surface area contributed by atoms with E-state index >= 15 is 0 Å². The highest BCUT2D eigenvalue weighted by Crippen LogP contribution is 2.12. The number of nitrogens with two attached hydrogens (primary N) is 1. The van der Waals surface area contributed by atoms with Gasteiger partial charge in [-0.25, -0.2) is 0 Å². The van der Waals surface area contributed by atoms with E-state index in [1.807, 2.05) is 12.1 Å². The summed E-state index contributed by atoms with van der Waals surface area (Å²) in [5, 5.41) is 3.39. The molecule has 2 rings (SSSR count). The summed E-state index contributed by atoms with van der Waals surface area (Å²) in [5.41, 5.74) is 7.15. The highest BCUT2D eigenvalue weighted by Gasteiger charge is 2.19. The molecule has 3 N–H and O–H groups in total. The number of rotatable bonds is 5. The minimum Gasteiger partial charge on any atom is -0.497 e. The Hall–Kier alpha value is -1.10. The van der Waals surface area contributed by atoms with E-state index in [-0.39, 0.29) is 0 Å². The Balaban J connectivity index is 1.85. The Morgan fingerprint density at radius 1 is 1.39 bits per heavy atom.